The fourth-order valence-electron chi connectivity index (χ4n) is 4.97. The summed E-state index contributed by atoms with van der Waals surface area (Å²) >= 11 is 0. The van der Waals surface area contributed by atoms with E-state index in [-0.39, 0.29) is 6.04 Å². The lowest BCUT2D eigenvalue weighted by Crippen LogP contribution is -2.39. The summed E-state index contributed by atoms with van der Waals surface area (Å²) in [5.41, 5.74) is 2.65. The van der Waals surface area contributed by atoms with Crippen LogP contribution in [-0.2, 0) is 0 Å². The zero-order valence-corrected chi connectivity index (χ0v) is 14.0. The molecule has 2 heteroatoms. The molecule has 2 nitrogen and oxygen atoms in total. The van der Waals surface area contributed by atoms with Crippen molar-refractivity contribution in [2.45, 2.75) is 64.7 Å². The number of para-hydroxylation sites is 1. The maximum Gasteiger partial charge on any atom is 0.0989 e. The Hall–Kier alpha value is -1.44. The highest BCUT2D eigenvalue weighted by molar-refractivity contribution is 5.56. The summed E-state index contributed by atoms with van der Waals surface area (Å²) in [6, 6.07) is 9.30. The van der Waals surface area contributed by atoms with Gasteiger partial charge in [0, 0.05) is 19.0 Å². The summed E-state index contributed by atoms with van der Waals surface area (Å²) in [7, 11) is 0. The molecule has 3 aliphatic rings. The Bertz CT molecular complexity index is 622. The van der Waals surface area contributed by atoms with Crippen molar-refractivity contribution in [2.24, 2.45) is 11.8 Å². The van der Waals surface area contributed by atoms with E-state index in [0.29, 0.717) is 18.1 Å². The van der Waals surface area contributed by atoms with Crippen LogP contribution < -0.4 is 4.90 Å². The van der Waals surface area contributed by atoms with Crippen molar-refractivity contribution >= 4 is 5.69 Å². The Balaban J connectivity index is 1.70. The van der Waals surface area contributed by atoms with Crippen molar-refractivity contribution in [3.63, 3.8) is 0 Å². The summed E-state index contributed by atoms with van der Waals surface area (Å²) in [5, 5.41) is 0. The average Bonchev–Trinajstić information content (AvgIpc) is 3.22. The smallest absolute Gasteiger partial charge is 0.0989 e. The van der Waals surface area contributed by atoms with Crippen molar-refractivity contribution in [2.75, 3.05) is 4.90 Å². The van der Waals surface area contributed by atoms with E-state index in [0.717, 1.165) is 0 Å². The number of hydrogen-bond acceptors (Lipinski definition) is 2. The van der Waals surface area contributed by atoms with Crippen LogP contribution in [0.25, 0.3) is 0 Å². The van der Waals surface area contributed by atoms with Gasteiger partial charge in [-0.1, -0.05) is 37.1 Å². The second kappa shape index (κ2) is 5.33. The van der Waals surface area contributed by atoms with Crippen LogP contribution in [0.5, 0.6) is 0 Å². The Labute approximate surface area is 136 Å². The van der Waals surface area contributed by atoms with Crippen molar-refractivity contribution < 1.29 is 1.37 Å². The first-order valence-electron chi connectivity index (χ1n) is 9.35. The summed E-state index contributed by atoms with van der Waals surface area (Å²) in [4.78, 5) is 4.98. The van der Waals surface area contributed by atoms with E-state index < -0.39 is 5.89 Å². The molecule has 22 heavy (non-hydrogen) atoms. The second-order valence-corrected chi connectivity index (χ2v) is 7.26. The van der Waals surface area contributed by atoms with Gasteiger partial charge >= 0.3 is 0 Å². The maximum atomic E-state index is 9.28. The van der Waals surface area contributed by atoms with Gasteiger partial charge in [0.1, 0.15) is 0 Å². The molecule has 0 bridgehead atoms. The van der Waals surface area contributed by atoms with Crippen LogP contribution in [0, 0.1) is 18.7 Å². The first-order valence-corrected chi connectivity index (χ1v) is 8.85. The molecule has 1 saturated carbocycles. The highest BCUT2D eigenvalue weighted by Crippen LogP contribution is 2.45. The maximum absolute atomic E-state index is 9.28. The van der Waals surface area contributed by atoms with E-state index in [1.54, 1.807) is 0 Å². The summed E-state index contributed by atoms with van der Waals surface area (Å²) in [6.07, 6.45) is 9.80. The standard InChI is InChI=1S/C20H28N2/c1-14-8-4-7-11-19(14)22-15(2)20-18(17-9-5-6-10-17)12-13-21(20)16(22)3/h4,7-8,11-13,15-18,20H,5-6,9-10H2,1-3H3/t15-,16?,18?,20?/m0/s1/i18D. The van der Waals surface area contributed by atoms with Crippen LogP contribution in [-0.4, -0.2) is 23.1 Å². The third kappa shape index (κ3) is 2.00. The van der Waals surface area contributed by atoms with Gasteiger partial charge in [0.25, 0.3) is 0 Å². The molecule has 1 saturated heterocycles. The van der Waals surface area contributed by atoms with Gasteiger partial charge < -0.3 is 9.80 Å². The molecule has 2 fully saturated rings. The van der Waals surface area contributed by atoms with Crippen LogP contribution in [0.2, 0.25) is 0 Å². The molecule has 0 radical (unpaired) electrons. The summed E-state index contributed by atoms with van der Waals surface area (Å²) in [6.45, 7) is 6.80. The molecule has 0 amide bonds. The van der Waals surface area contributed by atoms with Gasteiger partial charge in [-0.3, -0.25) is 0 Å². The monoisotopic (exact) mass is 297 g/mol. The Morgan fingerprint density at radius 3 is 2.59 bits per heavy atom. The lowest BCUT2D eigenvalue weighted by Gasteiger charge is -2.32. The first kappa shape index (κ1) is 13.0. The van der Waals surface area contributed by atoms with E-state index in [9.17, 15) is 1.37 Å². The fourth-order valence-corrected chi connectivity index (χ4v) is 4.97. The predicted octanol–water partition coefficient (Wildman–Crippen LogP) is 4.55. The minimum Gasteiger partial charge on any atom is -0.352 e. The van der Waals surface area contributed by atoms with Gasteiger partial charge in [-0.2, -0.15) is 0 Å². The number of aryl methyl sites for hydroxylation is 1. The lowest BCUT2D eigenvalue weighted by atomic mass is 9.83. The Morgan fingerprint density at radius 2 is 1.86 bits per heavy atom. The second-order valence-electron chi connectivity index (χ2n) is 7.26. The zero-order valence-electron chi connectivity index (χ0n) is 15.0. The highest BCUT2D eigenvalue weighted by atomic mass is 15.5. The Morgan fingerprint density at radius 1 is 1.14 bits per heavy atom. The molecule has 0 spiro atoms. The van der Waals surface area contributed by atoms with Gasteiger partial charge in [-0.05, 0) is 57.4 Å². The van der Waals surface area contributed by atoms with Crippen LogP contribution in [0.15, 0.2) is 36.5 Å². The van der Waals surface area contributed by atoms with E-state index in [1.165, 1.54) is 36.9 Å². The first-order chi connectivity index (χ1) is 11.0. The van der Waals surface area contributed by atoms with Gasteiger partial charge in [-0.15, -0.1) is 0 Å². The SMILES string of the molecule is [2H]C1(C2CCCC2)C=CN2C(C)N(c3ccccc3C)[C@@H](C)C21. The summed E-state index contributed by atoms with van der Waals surface area (Å²) in [5.74, 6) is 0.113. The third-order valence-corrected chi connectivity index (χ3v) is 6.05. The number of benzene rings is 1. The van der Waals surface area contributed by atoms with E-state index in [2.05, 4.69) is 67.1 Å². The number of rotatable bonds is 2. The molecule has 4 atom stereocenters. The minimum atomic E-state index is -0.415. The minimum absolute atomic E-state index is 0.278. The van der Waals surface area contributed by atoms with E-state index in [1.807, 2.05) is 0 Å². The molecule has 2 heterocycles. The topological polar surface area (TPSA) is 6.48 Å². The predicted molar refractivity (Wildman–Crippen MR) is 92.8 cm³/mol. The largest absolute Gasteiger partial charge is 0.352 e. The Kier molecular flexibility index (Phi) is 3.16. The quantitative estimate of drug-likeness (QED) is 0.790. The average molecular weight is 297 g/mol. The molecule has 0 N–H and O–H groups in total. The molecular formula is C20H28N2. The molecule has 118 valence electrons. The van der Waals surface area contributed by atoms with Crippen molar-refractivity contribution in [1.29, 1.82) is 0 Å². The van der Waals surface area contributed by atoms with Gasteiger partial charge in [0.05, 0.1) is 12.2 Å². The van der Waals surface area contributed by atoms with Crippen molar-refractivity contribution in [1.82, 2.24) is 4.90 Å². The molecule has 1 aromatic rings. The molecule has 4 rings (SSSR count). The van der Waals surface area contributed by atoms with E-state index in [4.69, 9.17) is 0 Å². The molecular weight excluding hydrogens is 268 g/mol. The third-order valence-electron chi connectivity index (χ3n) is 6.05. The highest BCUT2D eigenvalue weighted by Gasteiger charge is 2.49. The fraction of sp³-hybridized carbons (Fsp3) is 0.600. The zero-order chi connectivity index (χ0) is 16.2. The van der Waals surface area contributed by atoms with Crippen LogP contribution in [0.1, 0.15) is 46.5 Å². The van der Waals surface area contributed by atoms with Crippen molar-refractivity contribution in [3.05, 3.63) is 42.1 Å². The van der Waals surface area contributed by atoms with E-state index >= 15 is 0 Å². The number of fused-ring (bicyclic) bond motifs is 1. The van der Waals surface area contributed by atoms with Gasteiger partial charge in [0.2, 0.25) is 0 Å². The lowest BCUT2D eigenvalue weighted by molar-refractivity contribution is 0.223. The normalized spacial score (nSPS) is 38.7. The number of nitrogens with zero attached hydrogens (tertiary/aromatic N) is 2. The molecule has 1 aliphatic carbocycles. The molecule has 0 aromatic heterocycles. The van der Waals surface area contributed by atoms with Crippen LogP contribution in [0.3, 0.4) is 0 Å². The molecule has 2 aliphatic heterocycles. The van der Waals surface area contributed by atoms with Gasteiger partial charge in [0.15, 0.2) is 0 Å². The van der Waals surface area contributed by atoms with Crippen molar-refractivity contribution in [3.8, 4) is 0 Å². The molecule has 3 unspecified atom stereocenters. The molecule has 1 aromatic carbocycles. The summed E-state index contributed by atoms with van der Waals surface area (Å²) < 4.78 is 9.28. The number of anilines is 1. The van der Waals surface area contributed by atoms with Crippen LogP contribution in [0.4, 0.5) is 5.69 Å². The number of hydrogen-bond donors (Lipinski definition) is 0. The van der Waals surface area contributed by atoms with Gasteiger partial charge in [-0.25, -0.2) is 0 Å². The van der Waals surface area contributed by atoms with Crippen LogP contribution >= 0.6 is 0 Å².